The fourth-order valence-electron chi connectivity index (χ4n) is 4.14. The van der Waals surface area contributed by atoms with Gasteiger partial charge in [0.1, 0.15) is 12.1 Å². The molecule has 34 heavy (non-hydrogen) atoms. The molecule has 1 aliphatic rings. The summed E-state index contributed by atoms with van der Waals surface area (Å²) in [6.07, 6.45) is 1.63. The van der Waals surface area contributed by atoms with E-state index in [0.717, 1.165) is 38.0 Å². The Labute approximate surface area is 196 Å². The molecule has 2 aromatic heterocycles. The third-order valence-corrected chi connectivity index (χ3v) is 6.04. The van der Waals surface area contributed by atoms with E-state index in [0.29, 0.717) is 24.3 Å². The molecule has 0 unspecified atom stereocenters. The van der Waals surface area contributed by atoms with E-state index < -0.39 is 0 Å². The summed E-state index contributed by atoms with van der Waals surface area (Å²) in [7, 11) is 3.02. The summed E-state index contributed by atoms with van der Waals surface area (Å²) in [5, 5.41) is 0. The molecular weight excluding hydrogens is 440 g/mol. The highest BCUT2D eigenvalue weighted by Gasteiger charge is 2.25. The normalized spacial score (nSPS) is 15.0. The number of aromatic amines is 1. The molecule has 0 aliphatic carbocycles. The first-order valence-electron chi connectivity index (χ1n) is 11.2. The van der Waals surface area contributed by atoms with E-state index in [-0.39, 0.29) is 36.0 Å². The van der Waals surface area contributed by atoms with Gasteiger partial charge in [-0.1, -0.05) is 24.3 Å². The minimum atomic E-state index is -0.317. The summed E-state index contributed by atoms with van der Waals surface area (Å²) < 4.78 is 16.8. The van der Waals surface area contributed by atoms with Crippen LogP contribution in [0.2, 0.25) is 0 Å². The van der Waals surface area contributed by atoms with Crippen molar-refractivity contribution < 1.29 is 19.0 Å². The van der Waals surface area contributed by atoms with E-state index >= 15 is 0 Å². The maximum atomic E-state index is 12.6. The van der Waals surface area contributed by atoms with Gasteiger partial charge in [0.2, 0.25) is 0 Å². The minimum Gasteiger partial charge on any atom is -0.469 e. The number of carbonyl (C=O) groups excluding carboxylic acids is 1. The van der Waals surface area contributed by atoms with Gasteiger partial charge in [-0.05, 0) is 37.1 Å². The number of rotatable bonds is 9. The summed E-state index contributed by atoms with van der Waals surface area (Å²) in [6, 6.07) is 8.22. The lowest BCUT2D eigenvalue weighted by molar-refractivity contribution is -0.147. The number of likely N-dealkylation sites (tertiary alicyclic amines) is 1. The molecule has 0 spiro atoms. The predicted molar refractivity (Wildman–Crippen MR) is 125 cm³/mol. The number of esters is 1. The van der Waals surface area contributed by atoms with Gasteiger partial charge in [0.05, 0.1) is 26.2 Å². The van der Waals surface area contributed by atoms with Crippen molar-refractivity contribution in [1.82, 2.24) is 24.4 Å². The zero-order valence-corrected chi connectivity index (χ0v) is 19.5. The summed E-state index contributed by atoms with van der Waals surface area (Å²) in [5.41, 5.74) is 8.59. The summed E-state index contributed by atoms with van der Waals surface area (Å²) in [6.45, 7) is 3.53. The highest BCUT2D eigenvalue weighted by atomic mass is 16.5. The minimum absolute atomic E-state index is 0.00171. The number of fused-ring (bicyclic) bond motifs is 1. The van der Waals surface area contributed by atoms with Crippen molar-refractivity contribution in [3.63, 3.8) is 0 Å². The molecule has 4 rings (SSSR count). The van der Waals surface area contributed by atoms with Gasteiger partial charge in [0.25, 0.3) is 0 Å². The smallest absolute Gasteiger partial charge is 0.328 e. The number of aromatic nitrogens is 4. The predicted octanol–water partition coefficient (Wildman–Crippen LogP) is 1.16. The lowest BCUT2D eigenvalue weighted by atomic mass is 9.96. The number of hydrogen-bond donors (Lipinski definition) is 2. The Morgan fingerprint density at radius 2 is 1.76 bits per heavy atom. The average Bonchev–Trinajstić information content (AvgIpc) is 3.16. The van der Waals surface area contributed by atoms with Crippen LogP contribution in [-0.4, -0.2) is 70.9 Å². The van der Waals surface area contributed by atoms with E-state index in [4.69, 9.17) is 19.9 Å². The number of nitrogen functional groups attached to an aromatic ring is 1. The van der Waals surface area contributed by atoms with E-state index in [2.05, 4.69) is 32.0 Å². The van der Waals surface area contributed by atoms with Gasteiger partial charge in [-0.2, -0.15) is 9.97 Å². The average molecular weight is 471 g/mol. The lowest BCUT2D eigenvalue weighted by Gasteiger charge is -2.30. The number of ether oxygens (including phenoxy) is 3. The van der Waals surface area contributed by atoms with Gasteiger partial charge >= 0.3 is 17.7 Å². The number of benzene rings is 1. The molecule has 3 heterocycles. The second-order valence-electron chi connectivity index (χ2n) is 8.34. The zero-order valence-electron chi connectivity index (χ0n) is 19.5. The Hall–Kier alpha value is -3.44. The van der Waals surface area contributed by atoms with Crippen molar-refractivity contribution in [3.05, 3.63) is 45.9 Å². The maximum Gasteiger partial charge on any atom is 0.328 e. The number of imidazole rings is 1. The monoisotopic (exact) mass is 470 g/mol. The highest BCUT2D eigenvalue weighted by molar-refractivity contribution is 5.82. The van der Waals surface area contributed by atoms with Gasteiger partial charge in [-0.15, -0.1) is 0 Å². The lowest BCUT2D eigenvalue weighted by Crippen LogP contribution is -2.36. The van der Waals surface area contributed by atoms with Crippen molar-refractivity contribution in [3.8, 4) is 6.01 Å². The van der Waals surface area contributed by atoms with E-state index in [1.165, 1.54) is 17.2 Å². The number of nitrogens with two attached hydrogens (primary N) is 1. The summed E-state index contributed by atoms with van der Waals surface area (Å²) in [4.78, 5) is 37.8. The van der Waals surface area contributed by atoms with Crippen LogP contribution in [0.15, 0.2) is 29.1 Å². The van der Waals surface area contributed by atoms with Crippen LogP contribution >= 0.6 is 0 Å². The number of carbonyl (C=O) groups is 1. The third kappa shape index (κ3) is 5.37. The maximum absolute atomic E-state index is 12.6. The fraction of sp³-hybridized carbons (Fsp3) is 0.478. The van der Waals surface area contributed by atoms with Crippen LogP contribution < -0.4 is 16.2 Å². The Morgan fingerprint density at radius 3 is 2.41 bits per heavy atom. The standard InChI is InChI=1S/C23H30N6O5/c1-32-11-12-34-22-26-19(24)18-20(27-22)29(23(31)25-18)14-16-5-3-15(4-6-16)13-28-9-7-17(8-10-28)21(30)33-2/h3-6,17H,7-14H2,1-2H3,(H,25,31)(H2,24,26,27). The van der Waals surface area contributed by atoms with Gasteiger partial charge in [-0.25, -0.2) is 4.79 Å². The molecule has 0 amide bonds. The molecule has 0 radical (unpaired) electrons. The third-order valence-electron chi connectivity index (χ3n) is 6.04. The first-order chi connectivity index (χ1) is 16.5. The molecular formula is C23H30N6O5. The Balaban J connectivity index is 1.43. The summed E-state index contributed by atoms with van der Waals surface area (Å²) >= 11 is 0. The Kier molecular flexibility index (Phi) is 7.43. The number of piperidine rings is 1. The van der Waals surface area contributed by atoms with Crippen LogP contribution in [0.3, 0.4) is 0 Å². The number of H-pyrrole nitrogens is 1. The molecule has 0 bridgehead atoms. The number of hydrogen-bond acceptors (Lipinski definition) is 9. The van der Waals surface area contributed by atoms with Crippen molar-refractivity contribution in [2.24, 2.45) is 5.92 Å². The molecule has 1 aromatic carbocycles. The molecule has 1 fully saturated rings. The van der Waals surface area contributed by atoms with Crippen molar-refractivity contribution in [2.45, 2.75) is 25.9 Å². The SMILES string of the molecule is COCCOc1nc(N)c2[nH]c(=O)n(Cc3ccc(CN4CCC(C(=O)OC)CC4)cc3)c2n1. The molecule has 1 saturated heterocycles. The molecule has 3 N–H and O–H groups in total. The number of anilines is 1. The molecule has 3 aromatic rings. The van der Waals surface area contributed by atoms with Crippen LogP contribution in [0.1, 0.15) is 24.0 Å². The number of nitrogens with one attached hydrogen (secondary N) is 1. The van der Waals surface area contributed by atoms with Gasteiger partial charge < -0.3 is 24.9 Å². The Morgan fingerprint density at radius 1 is 1.09 bits per heavy atom. The highest BCUT2D eigenvalue weighted by Crippen LogP contribution is 2.21. The van der Waals surface area contributed by atoms with E-state index in [9.17, 15) is 9.59 Å². The molecule has 182 valence electrons. The number of methoxy groups -OCH3 is 2. The van der Waals surface area contributed by atoms with E-state index in [1.54, 1.807) is 7.11 Å². The second-order valence-corrected chi connectivity index (χ2v) is 8.34. The van der Waals surface area contributed by atoms with E-state index in [1.807, 2.05) is 12.1 Å². The van der Waals surface area contributed by atoms with Crippen LogP contribution in [0, 0.1) is 5.92 Å². The van der Waals surface area contributed by atoms with Gasteiger partial charge in [0, 0.05) is 13.7 Å². The van der Waals surface area contributed by atoms with Crippen LogP contribution in [0.5, 0.6) is 6.01 Å². The van der Waals surface area contributed by atoms with Gasteiger partial charge in [0.15, 0.2) is 11.5 Å². The summed E-state index contributed by atoms with van der Waals surface area (Å²) in [5.74, 6) is 0.0404. The zero-order chi connectivity index (χ0) is 24.1. The molecule has 11 nitrogen and oxygen atoms in total. The van der Waals surface area contributed by atoms with Gasteiger partial charge in [-0.3, -0.25) is 14.3 Å². The van der Waals surface area contributed by atoms with Crippen molar-refractivity contribution in [1.29, 1.82) is 0 Å². The molecule has 11 heteroatoms. The number of nitrogens with zero attached hydrogens (tertiary/aromatic N) is 4. The second kappa shape index (κ2) is 10.7. The first kappa shape index (κ1) is 23.7. The quantitative estimate of drug-likeness (QED) is 0.348. The van der Waals surface area contributed by atoms with Crippen LogP contribution in [-0.2, 0) is 27.4 Å². The topological polar surface area (TPSA) is 138 Å². The molecule has 0 saturated carbocycles. The molecule has 0 atom stereocenters. The van der Waals surface area contributed by atoms with Crippen LogP contribution in [0.4, 0.5) is 5.82 Å². The van der Waals surface area contributed by atoms with Crippen LogP contribution in [0.25, 0.3) is 11.2 Å². The molecule has 1 aliphatic heterocycles. The van der Waals surface area contributed by atoms with Crippen molar-refractivity contribution in [2.75, 3.05) is 46.3 Å². The largest absolute Gasteiger partial charge is 0.469 e. The first-order valence-corrected chi connectivity index (χ1v) is 11.2. The fourth-order valence-corrected chi connectivity index (χ4v) is 4.14. The Bertz CT molecular complexity index is 1180. The van der Waals surface area contributed by atoms with Crippen molar-refractivity contribution >= 4 is 23.0 Å².